The van der Waals surface area contributed by atoms with Crippen molar-refractivity contribution in [3.05, 3.63) is 47.9 Å². The van der Waals surface area contributed by atoms with Crippen LogP contribution in [0.4, 0.5) is 0 Å². The summed E-state index contributed by atoms with van der Waals surface area (Å²) in [4.78, 5) is 19.3. The number of nitrogens with two attached hydrogens (primary N) is 1. The number of piperidine rings is 1. The summed E-state index contributed by atoms with van der Waals surface area (Å²) in [7, 11) is 0. The van der Waals surface area contributed by atoms with Gasteiger partial charge in [0.05, 0.1) is 16.9 Å². The first-order chi connectivity index (χ1) is 12.9. The van der Waals surface area contributed by atoms with Crippen LogP contribution in [0.1, 0.15) is 36.5 Å². The molecule has 156 valence electrons. The minimum Gasteiger partial charge on any atom is -0.337 e. The zero-order chi connectivity index (χ0) is 19.2. The van der Waals surface area contributed by atoms with Gasteiger partial charge in [0.15, 0.2) is 5.69 Å². The molecule has 1 aliphatic heterocycles. The highest BCUT2D eigenvalue weighted by atomic mass is 35.5. The van der Waals surface area contributed by atoms with E-state index in [0.29, 0.717) is 18.8 Å². The van der Waals surface area contributed by atoms with Crippen molar-refractivity contribution in [3.63, 3.8) is 0 Å². The van der Waals surface area contributed by atoms with Gasteiger partial charge in [0.2, 0.25) is 0 Å². The van der Waals surface area contributed by atoms with E-state index in [9.17, 15) is 4.79 Å². The maximum Gasteiger partial charge on any atom is 0.276 e. The van der Waals surface area contributed by atoms with E-state index < -0.39 is 0 Å². The fourth-order valence-corrected chi connectivity index (χ4v) is 3.72. The molecule has 0 saturated carbocycles. The van der Waals surface area contributed by atoms with Gasteiger partial charge in [0.1, 0.15) is 0 Å². The van der Waals surface area contributed by atoms with E-state index in [1.165, 1.54) is 0 Å². The Hall–Kier alpha value is -2.22. The van der Waals surface area contributed by atoms with Crippen LogP contribution in [0.25, 0.3) is 16.6 Å². The smallest absolute Gasteiger partial charge is 0.276 e. The quantitative estimate of drug-likeness (QED) is 0.665. The fraction of sp³-hybridized carbons (Fsp3) is 0.400. The Morgan fingerprint density at radius 1 is 1.21 bits per heavy atom. The summed E-state index contributed by atoms with van der Waals surface area (Å²) in [6.45, 7) is 7.35. The van der Waals surface area contributed by atoms with Crippen molar-refractivity contribution in [1.82, 2.24) is 24.9 Å². The van der Waals surface area contributed by atoms with Gasteiger partial charge in [-0.3, -0.25) is 9.78 Å². The third-order valence-electron chi connectivity index (χ3n) is 5.55. The number of rotatable bonds is 2. The second-order valence-electron chi connectivity index (χ2n) is 7.89. The lowest BCUT2D eigenvalue weighted by Crippen LogP contribution is -2.54. The molecule has 7 nitrogen and oxygen atoms in total. The van der Waals surface area contributed by atoms with Crippen molar-refractivity contribution >= 4 is 41.6 Å². The van der Waals surface area contributed by atoms with Gasteiger partial charge in [-0.05, 0) is 43.0 Å². The summed E-state index contributed by atoms with van der Waals surface area (Å²) in [6.07, 6.45) is 2.55. The molecule has 1 aromatic carbocycles. The molecule has 1 saturated heterocycles. The number of nitrogens with zero attached hydrogens (tertiary/aromatic N) is 5. The van der Waals surface area contributed by atoms with Crippen molar-refractivity contribution in [3.8, 4) is 5.69 Å². The third-order valence-corrected chi connectivity index (χ3v) is 5.55. The standard InChI is InChI=1S/C20H24N6O.2ClH/c1-13-18(19(27)25-11-9-17(21)20(2,3)12-25)23-24-26(13)16-8-4-7-15-14(16)6-5-10-22-15;;/h4-8,10,17H,9,11-12,21H2,1-3H3;2*1H. The summed E-state index contributed by atoms with van der Waals surface area (Å²) >= 11 is 0. The highest BCUT2D eigenvalue weighted by Crippen LogP contribution is 2.29. The van der Waals surface area contributed by atoms with E-state index in [4.69, 9.17) is 5.73 Å². The first-order valence-electron chi connectivity index (χ1n) is 9.20. The molecule has 29 heavy (non-hydrogen) atoms. The maximum atomic E-state index is 13.1. The normalized spacial score (nSPS) is 18.1. The number of fused-ring (bicyclic) bond motifs is 1. The average Bonchev–Trinajstić information content (AvgIpc) is 3.04. The lowest BCUT2D eigenvalue weighted by molar-refractivity contribution is 0.0526. The fourth-order valence-electron chi connectivity index (χ4n) is 3.72. The van der Waals surface area contributed by atoms with Crippen LogP contribution in [0, 0.1) is 12.3 Å². The number of pyridine rings is 1. The van der Waals surface area contributed by atoms with E-state index in [1.54, 1.807) is 10.9 Å². The van der Waals surface area contributed by atoms with Gasteiger partial charge in [0.25, 0.3) is 5.91 Å². The molecular formula is C20H26Cl2N6O. The maximum absolute atomic E-state index is 13.1. The van der Waals surface area contributed by atoms with Gasteiger partial charge >= 0.3 is 0 Å². The van der Waals surface area contributed by atoms with E-state index in [-0.39, 0.29) is 42.2 Å². The number of likely N-dealkylation sites (tertiary alicyclic amines) is 1. The molecule has 1 fully saturated rings. The summed E-state index contributed by atoms with van der Waals surface area (Å²) < 4.78 is 1.72. The molecule has 9 heteroatoms. The van der Waals surface area contributed by atoms with Gasteiger partial charge < -0.3 is 10.6 Å². The van der Waals surface area contributed by atoms with Gasteiger partial charge in [-0.1, -0.05) is 25.1 Å². The van der Waals surface area contributed by atoms with Crippen LogP contribution < -0.4 is 5.73 Å². The van der Waals surface area contributed by atoms with Gasteiger partial charge in [0, 0.05) is 30.7 Å². The summed E-state index contributed by atoms with van der Waals surface area (Å²) in [5, 5.41) is 9.45. The zero-order valence-electron chi connectivity index (χ0n) is 16.7. The van der Waals surface area contributed by atoms with Crippen LogP contribution in [-0.2, 0) is 0 Å². The van der Waals surface area contributed by atoms with Crippen molar-refractivity contribution in [2.45, 2.75) is 33.2 Å². The molecule has 0 spiro atoms. The Morgan fingerprint density at radius 3 is 2.69 bits per heavy atom. The molecule has 0 radical (unpaired) electrons. The third kappa shape index (κ3) is 4.08. The van der Waals surface area contributed by atoms with E-state index in [0.717, 1.165) is 28.7 Å². The Morgan fingerprint density at radius 2 is 1.97 bits per heavy atom. The van der Waals surface area contributed by atoms with E-state index in [2.05, 4.69) is 29.1 Å². The molecule has 1 unspecified atom stereocenters. The second kappa shape index (κ2) is 8.65. The number of aromatic nitrogens is 4. The zero-order valence-corrected chi connectivity index (χ0v) is 18.3. The molecule has 0 aliphatic carbocycles. The first kappa shape index (κ1) is 23.1. The molecular weight excluding hydrogens is 411 g/mol. The van der Waals surface area contributed by atoms with E-state index in [1.807, 2.05) is 42.2 Å². The minimum atomic E-state index is -0.112. The lowest BCUT2D eigenvalue weighted by Gasteiger charge is -2.42. The summed E-state index contributed by atoms with van der Waals surface area (Å²) in [5.41, 5.74) is 8.95. The number of hydrogen-bond donors (Lipinski definition) is 1. The molecule has 4 rings (SSSR count). The summed E-state index contributed by atoms with van der Waals surface area (Å²) in [6, 6.07) is 9.83. The van der Waals surface area contributed by atoms with Crippen LogP contribution in [0.3, 0.4) is 0 Å². The number of halogens is 2. The molecule has 2 N–H and O–H groups in total. The molecule has 0 bridgehead atoms. The number of amides is 1. The number of carbonyl (C=O) groups is 1. The minimum absolute atomic E-state index is 0. The molecule has 1 aliphatic rings. The van der Waals surface area contributed by atoms with Crippen LogP contribution in [0.2, 0.25) is 0 Å². The lowest BCUT2D eigenvalue weighted by atomic mass is 9.79. The molecule has 1 amide bonds. The first-order valence-corrected chi connectivity index (χ1v) is 9.20. The average molecular weight is 437 g/mol. The Kier molecular flexibility index (Phi) is 6.88. The number of carbonyl (C=O) groups excluding carboxylic acids is 1. The van der Waals surface area contributed by atoms with Crippen molar-refractivity contribution in [2.75, 3.05) is 13.1 Å². The number of benzene rings is 1. The SMILES string of the molecule is Cc1c(C(=O)N2CCC(N)C(C)(C)C2)nnn1-c1cccc2ncccc12.Cl.Cl. The van der Waals surface area contributed by atoms with Crippen LogP contribution in [0.5, 0.6) is 0 Å². The van der Waals surface area contributed by atoms with Crippen LogP contribution in [-0.4, -0.2) is 49.9 Å². The highest BCUT2D eigenvalue weighted by Gasteiger charge is 2.36. The predicted molar refractivity (Wildman–Crippen MR) is 118 cm³/mol. The topological polar surface area (TPSA) is 89.9 Å². The molecule has 3 heterocycles. The Labute approximate surface area is 182 Å². The van der Waals surface area contributed by atoms with Crippen LogP contribution >= 0.6 is 24.8 Å². The Balaban J connectivity index is 0.00000150. The largest absolute Gasteiger partial charge is 0.337 e. The summed E-state index contributed by atoms with van der Waals surface area (Å²) in [5.74, 6) is -0.0860. The predicted octanol–water partition coefficient (Wildman–Crippen LogP) is 3.17. The van der Waals surface area contributed by atoms with E-state index >= 15 is 0 Å². The monoisotopic (exact) mass is 436 g/mol. The van der Waals surface area contributed by atoms with Crippen LogP contribution in [0.15, 0.2) is 36.5 Å². The van der Waals surface area contributed by atoms with Crippen molar-refractivity contribution in [1.29, 1.82) is 0 Å². The second-order valence-corrected chi connectivity index (χ2v) is 7.89. The van der Waals surface area contributed by atoms with Crippen molar-refractivity contribution in [2.24, 2.45) is 11.1 Å². The number of hydrogen-bond acceptors (Lipinski definition) is 5. The Bertz CT molecular complexity index is 1010. The van der Waals surface area contributed by atoms with Crippen molar-refractivity contribution < 1.29 is 4.79 Å². The van der Waals surface area contributed by atoms with Gasteiger partial charge in [-0.15, -0.1) is 29.9 Å². The molecule has 2 aromatic heterocycles. The van der Waals surface area contributed by atoms with Gasteiger partial charge in [-0.25, -0.2) is 4.68 Å². The van der Waals surface area contributed by atoms with Gasteiger partial charge in [-0.2, -0.15) is 0 Å². The highest BCUT2D eigenvalue weighted by molar-refractivity contribution is 5.94. The molecule has 1 atom stereocenters. The molecule has 3 aromatic rings.